The summed E-state index contributed by atoms with van der Waals surface area (Å²) in [5, 5.41) is 41.7. The number of nitrogens with zero attached hydrogens (tertiary/aromatic N) is 15. The number of hydrogen-bond donors (Lipinski definition) is 0. The van der Waals surface area contributed by atoms with Gasteiger partial charge in [-0.15, -0.1) is 20.4 Å². The van der Waals surface area contributed by atoms with Gasteiger partial charge in [-0.25, -0.2) is 18.7 Å². The summed E-state index contributed by atoms with van der Waals surface area (Å²) < 4.78 is 7.96. The molecule has 3 aliphatic rings. The zero-order valence-corrected chi connectivity index (χ0v) is 57.8. The normalized spacial score (nSPS) is 11.2. The summed E-state index contributed by atoms with van der Waals surface area (Å²) in [6.45, 7) is 18.7. The van der Waals surface area contributed by atoms with Gasteiger partial charge in [-0.05, 0) is 154 Å². The molecule has 0 N–H and O–H groups in total. The summed E-state index contributed by atoms with van der Waals surface area (Å²) in [4.78, 5) is 2.75. The van der Waals surface area contributed by atoms with Crippen LogP contribution in [-0.2, 0) is 0 Å². The van der Waals surface area contributed by atoms with E-state index in [0.717, 1.165) is 191 Å². The minimum absolute atomic E-state index is 0.745. The van der Waals surface area contributed by atoms with Gasteiger partial charge in [0.15, 0.2) is 0 Å². The fraction of sp³-hybridized carbons (Fsp3) is 0.103. The van der Waals surface area contributed by atoms with Crippen LogP contribution in [0.15, 0.2) is 248 Å². The van der Waals surface area contributed by atoms with Gasteiger partial charge in [-0.1, -0.05) is 256 Å². The van der Waals surface area contributed by atoms with Crippen LogP contribution in [0, 0.1) is 86.0 Å². The molecule has 0 bridgehead atoms. The van der Waals surface area contributed by atoms with Crippen molar-refractivity contribution in [1.29, 1.82) is 0 Å². The van der Waals surface area contributed by atoms with Crippen LogP contribution in [0.25, 0.3) is 123 Å². The van der Waals surface area contributed by atoms with Crippen molar-refractivity contribution in [1.82, 2.24) is 60.0 Å². The zero-order chi connectivity index (χ0) is 70.1. The summed E-state index contributed by atoms with van der Waals surface area (Å²) in [7, 11) is 0. The lowest BCUT2D eigenvalue weighted by molar-refractivity contribution is 0.797. The molecule has 15 aromatic rings. The third-order valence-electron chi connectivity index (χ3n) is 18.8. The average Bonchev–Trinajstić information content (AvgIpc) is 1.53. The number of aryl methyl sites for hydroxylation is 9. The van der Waals surface area contributed by atoms with Gasteiger partial charge >= 0.3 is 0 Å². The number of aromatic nitrogens is 12. The highest BCUT2D eigenvalue weighted by molar-refractivity contribution is 6.02. The van der Waals surface area contributed by atoms with E-state index in [1.54, 1.807) is 0 Å². The molecule has 0 atom stereocenters. The van der Waals surface area contributed by atoms with Crippen LogP contribution < -0.4 is 0 Å². The largest absolute Gasteiger partial charge is 0.212 e. The van der Waals surface area contributed by atoms with E-state index >= 15 is 0 Å². The van der Waals surface area contributed by atoms with Gasteiger partial charge in [0.05, 0.1) is 22.7 Å². The maximum Gasteiger partial charge on any atom is 0.122 e. The molecule has 0 aliphatic heterocycles. The first-order valence-electron chi connectivity index (χ1n) is 33.7. The summed E-state index contributed by atoms with van der Waals surface area (Å²) in [6.07, 6.45) is 0. The highest BCUT2D eigenvalue weighted by atomic mass is 15.5. The quantitative estimate of drug-likeness (QED) is 0.0709. The molecule has 0 radical (unpaired) electrons. The molecule has 490 valence electrons. The highest BCUT2D eigenvalue weighted by Crippen LogP contribution is 2.50. The Balaban J connectivity index is 0.000000122. The summed E-state index contributed by atoms with van der Waals surface area (Å²) in [5.41, 5.74) is 42.5. The Morgan fingerprint density at radius 2 is 0.549 bits per heavy atom. The smallest absolute Gasteiger partial charge is 0.122 e. The second kappa shape index (κ2) is 27.4. The molecule has 0 saturated heterocycles. The second-order valence-corrected chi connectivity index (χ2v) is 25.5. The molecule has 0 unspecified atom stereocenters. The molecule has 18 rings (SSSR count). The fourth-order valence-electron chi connectivity index (χ4n) is 13.9. The molecule has 4 heterocycles. The molecular weight excluding hydrogens is 1260 g/mol. The third-order valence-corrected chi connectivity index (χ3v) is 18.8. The van der Waals surface area contributed by atoms with Crippen molar-refractivity contribution in [2.24, 2.45) is 5.11 Å². The Labute approximate surface area is 591 Å². The van der Waals surface area contributed by atoms with Gasteiger partial charge < -0.3 is 0 Å². The van der Waals surface area contributed by atoms with Crippen LogP contribution in [0.1, 0.15) is 72.3 Å². The highest BCUT2D eigenvalue weighted by Gasteiger charge is 2.34. The Morgan fingerprint density at radius 3 is 0.961 bits per heavy atom. The lowest BCUT2D eigenvalue weighted by atomic mass is 9.87. The van der Waals surface area contributed by atoms with E-state index in [4.69, 9.17) is 41.6 Å². The minimum Gasteiger partial charge on any atom is -0.212 e. The van der Waals surface area contributed by atoms with Gasteiger partial charge in [0, 0.05) is 77.4 Å². The van der Waals surface area contributed by atoms with E-state index in [2.05, 4.69) is 227 Å². The van der Waals surface area contributed by atoms with Gasteiger partial charge in [-0.2, -0.15) is 0 Å². The van der Waals surface area contributed by atoms with Crippen LogP contribution in [0.5, 0.6) is 0 Å². The molecule has 0 saturated carbocycles. The van der Waals surface area contributed by atoms with E-state index in [1.807, 2.05) is 136 Å². The van der Waals surface area contributed by atoms with Crippen LogP contribution in [0.2, 0.25) is 0 Å². The summed E-state index contributed by atoms with van der Waals surface area (Å²) in [6, 6.07) is 82.4. The molecule has 102 heavy (non-hydrogen) atoms. The molecule has 0 amide bonds. The number of azide groups is 1. The average molecular weight is 1320 g/mol. The summed E-state index contributed by atoms with van der Waals surface area (Å²) >= 11 is 0. The Hall–Kier alpha value is -13.6. The number of para-hydroxylation sites is 4. The molecule has 15 heteroatoms. The molecule has 0 spiro atoms. The minimum atomic E-state index is 0.745. The first kappa shape index (κ1) is 64.4. The predicted octanol–water partition coefficient (Wildman–Crippen LogP) is 19.9. The third kappa shape index (κ3) is 11.7. The topological polar surface area (TPSA) is 172 Å². The molecule has 15 nitrogen and oxygen atoms in total. The van der Waals surface area contributed by atoms with Crippen molar-refractivity contribution in [3.05, 3.63) is 325 Å². The number of rotatable bonds is 5. The van der Waals surface area contributed by atoms with Crippen LogP contribution in [0.4, 0.5) is 5.69 Å². The van der Waals surface area contributed by atoms with E-state index in [-0.39, 0.29) is 0 Å². The Bertz CT molecular complexity index is 5830. The monoisotopic (exact) mass is 1320 g/mol. The van der Waals surface area contributed by atoms with Crippen molar-refractivity contribution in [2.45, 2.75) is 62.3 Å². The first-order valence-corrected chi connectivity index (χ1v) is 33.7. The molecule has 11 aromatic carbocycles. The predicted molar refractivity (Wildman–Crippen MR) is 406 cm³/mol. The van der Waals surface area contributed by atoms with Crippen molar-refractivity contribution < 1.29 is 0 Å². The van der Waals surface area contributed by atoms with Crippen LogP contribution >= 0.6 is 0 Å². The second-order valence-electron chi connectivity index (χ2n) is 25.5. The Morgan fingerprint density at radius 1 is 0.275 bits per heavy atom. The van der Waals surface area contributed by atoms with Crippen molar-refractivity contribution >= 4 is 5.69 Å². The van der Waals surface area contributed by atoms with E-state index < -0.39 is 0 Å². The molecule has 0 fully saturated rings. The van der Waals surface area contributed by atoms with E-state index in [1.165, 1.54) is 0 Å². The lowest BCUT2D eigenvalue weighted by Crippen LogP contribution is -2.07. The Kier molecular flexibility index (Phi) is 17.3. The van der Waals surface area contributed by atoms with Crippen LogP contribution in [0.3, 0.4) is 0 Å². The van der Waals surface area contributed by atoms with Crippen molar-refractivity contribution in [3.63, 3.8) is 0 Å². The lowest BCUT2D eigenvalue weighted by Gasteiger charge is -2.21. The van der Waals surface area contributed by atoms with Crippen LogP contribution in [-0.4, -0.2) is 60.0 Å². The fourth-order valence-corrected chi connectivity index (χ4v) is 13.9. The standard InChI is InChI=1S/C32H26N6.C31H24N6.C16H8.C8H9N3/c1-19-11-5-8-18-26(19)37-32-27-20(2)12-10-17-25(27)29-31(24-16-7-6-15-23(24)28(32)33-35-37)38(36-34-29)30-21(3)13-9-14-22(30)4;1-19-11-4-9-18-26(19)36-30-24-16-7-8-17-25(24)31-28(23-15-6-5-14-22(23)27(30)32-34-36)33-35-37(31)29-20(2)12-10-13-21(29)3;1-2-6-14-11-12-16-8-4-3-7-15(16)10-9-13(14)5-1;1-6-4-3-5-7(2)8(6)10-11-9/h5-18H,1-4H3;4-18H,1-3H3;1-8H;3-5H,1-2H3. The van der Waals surface area contributed by atoms with E-state index in [0.29, 0.717) is 0 Å². The number of hydrogen-bond acceptors (Lipinski definition) is 9. The van der Waals surface area contributed by atoms with Crippen molar-refractivity contribution in [3.8, 4) is 136 Å². The number of fused-ring (bicyclic) bond motifs is 18. The zero-order valence-electron chi connectivity index (χ0n) is 57.8. The van der Waals surface area contributed by atoms with Gasteiger partial charge in [0.25, 0.3) is 0 Å². The number of benzene rings is 11. The van der Waals surface area contributed by atoms with Gasteiger partial charge in [0.1, 0.15) is 45.6 Å². The van der Waals surface area contributed by atoms with Gasteiger partial charge in [0.2, 0.25) is 0 Å². The molecule has 3 aliphatic carbocycles. The SMILES string of the molecule is C1#Cc2ccccc2C#Cc2ccccc21.Cc1cccc(C)c1N=[N+]=[N-].Cc1ccccc1-n1nnc2c1-c1c(C)cccc1-c1nnn(-c3c(C)cccc3C)c1-c1ccccc1-2.Cc1ccccc1-n1nnc2c1-c1ccccc1-c1c(nnn1-c1c(C)cccc1C)-c1ccccc1-2. The summed E-state index contributed by atoms with van der Waals surface area (Å²) in [5.74, 6) is 12.7. The first-order chi connectivity index (χ1) is 49.9. The maximum atomic E-state index is 8.23. The van der Waals surface area contributed by atoms with Gasteiger partial charge in [-0.3, -0.25) is 0 Å². The van der Waals surface area contributed by atoms with E-state index in [9.17, 15) is 0 Å². The maximum absolute atomic E-state index is 8.23. The van der Waals surface area contributed by atoms with Crippen molar-refractivity contribution in [2.75, 3.05) is 0 Å². The molecular formula is C87H67N15. The molecule has 4 aromatic heterocycles.